The van der Waals surface area contributed by atoms with Crippen molar-refractivity contribution in [3.8, 4) is 33.8 Å². The lowest BCUT2D eigenvalue weighted by Gasteiger charge is -2.46. The Hall–Kier alpha value is -6.58. The normalized spacial score (nSPS) is 13.5. The van der Waals surface area contributed by atoms with Crippen molar-refractivity contribution >= 4 is 44.9 Å². The molecule has 0 aliphatic carbocycles. The van der Waals surface area contributed by atoms with Crippen LogP contribution in [0.3, 0.4) is 0 Å². The van der Waals surface area contributed by atoms with Crippen molar-refractivity contribution in [3.63, 3.8) is 0 Å². The van der Waals surface area contributed by atoms with Gasteiger partial charge in [0.1, 0.15) is 0 Å². The van der Waals surface area contributed by atoms with Crippen molar-refractivity contribution in [3.05, 3.63) is 193 Å². The highest BCUT2D eigenvalue weighted by Gasteiger charge is 2.44. The zero-order valence-electron chi connectivity index (χ0n) is 29.1. The van der Waals surface area contributed by atoms with Crippen molar-refractivity contribution in [1.82, 2.24) is 0 Å². The van der Waals surface area contributed by atoms with Gasteiger partial charge in [-0.05, 0) is 93.2 Å². The average molecular weight is 669 g/mol. The zero-order chi connectivity index (χ0) is 34.8. The van der Waals surface area contributed by atoms with Crippen LogP contribution in [0, 0.1) is 0 Å². The summed E-state index contributed by atoms with van der Waals surface area (Å²) < 4.78 is 6.68. The number of para-hydroxylation sites is 3. The molecule has 0 spiro atoms. The van der Waals surface area contributed by atoms with Gasteiger partial charge in [-0.2, -0.15) is 0 Å². The Morgan fingerprint density at radius 1 is 0.481 bits per heavy atom. The molecule has 8 aromatic carbocycles. The molecular weight excluding hydrogens is 633 g/mol. The van der Waals surface area contributed by atoms with E-state index in [1.165, 1.54) is 49.8 Å². The number of ether oxygens (including phenoxy) is 1. The van der Waals surface area contributed by atoms with Gasteiger partial charge in [-0.1, -0.05) is 141 Å². The third-order valence-corrected chi connectivity index (χ3v) is 10.8. The SMILES string of the molecule is CC1(C)c2ccccc2N2c3ccccc3Oc3ccc(N(c4ccc(-c5ccccc5)cc4)c4ccc(-c5cccc6ccccc56)cc4)c1c32. The Morgan fingerprint density at radius 3 is 1.88 bits per heavy atom. The van der Waals surface area contributed by atoms with Gasteiger partial charge >= 0.3 is 0 Å². The third kappa shape index (κ3) is 4.66. The maximum atomic E-state index is 6.68. The van der Waals surface area contributed by atoms with Gasteiger partial charge in [0.05, 0.1) is 22.7 Å². The predicted octanol–water partition coefficient (Wildman–Crippen LogP) is 13.9. The van der Waals surface area contributed by atoms with E-state index in [4.69, 9.17) is 4.74 Å². The fourth-order valence-corrected chi connectivity index (χ4v) is 8.35. The van der Waals surface area contributed by atoms with Crippen molar-refractivity contribution < 1.29 is 4.74 Å². The van der Waals surface area contributed by atoms with E-state index >= 15 is 0 Å². The predicted molar refractivity (Wildman–Crippen MR) is 216 cm³/mol. The van der Waals surface area contributed by atoms with Gasteiger partial charge < -0.3 is 14.5 Å². The molecule has 10 rings (SSSR count). The van der Waals surface area contributed by atoms with Crippen LogP contribution in [0.15, 0.2) is 182 Å². The molecule has 0 bridgehead atoms. The summed E-state index contributed by atoms with van der Waals surface area (Å²) in [4.78, 5) is 4.83. The van der Waals surface area contributed by atoms with Gasteiger partial charge in [0.25, 0.3) is 0 Å². The first-order valence-electron chi connectivity index (χ1n) is 17.9. The molecule has 0 atom stereocenters. The summed E-state index contributed by atoms with van der Waals surface area (Å²) in [5, 5.41) is 2.50. The van der Waals surface area contributed by atoms with Crippen molar-refractivity contribution in [2.75, 3.05) is 9.80 Å². The monoisotopic (exact) mass is 668 g/mol. The minimum Gasteiger partial charge on any atom is -0.453 e. The van der Waals surface area contributed by atoms with Crippen LogP contribution in [-0.2, 0) is 5.41 Å². The first-order valence-corrected chi connectivity index (χ1v) is 17.9. The van der Waals surface area contributed by atoms with Crippen molar-refractivity contribution in [2.24, 2.45) is 0 Å². The number of anilines is 6. The minimum atomic E-state index is -0.339. The minimum absolute atomic E-state index is 0.339. The van der Waals surface area contributed by atoms with E-state index in [-0.39, 0.29) is 5.41 Å². The second-order valence-electron chi connectivity index (χ2n) is 14.2. The Labute approximate surface area is 304 Å². The lowest BCUT2D eigenvalue weighted by molar-refractivity contribution is 0.471. The third-order valence-electron chi connectivity index (χ3n) is 10.8. The number of fused-ring (bicyclic) bond motifs is 5. The van der Waals surface area contributed by atoms with Crippen LogP contribution in [-0.4, -0.2) is 0 Å². The fourth-order valence-electron chi connectivity index (χ4n) is 8.35. The van der Waals surface area contributed by atoms with Crippen molar-refractivity contribution in [2.45, 2.75) is 19.3 Å². The average Bonchev–Trinajstić information content (AvgIpc) is 3.20. The molecule has 0 radical (unpaired) electrons. The number of benzene rings is 8. The highest BCUT2D eigenvalue weighted by Crippen LogP contribution is 2.62. The summed E-state index contributed by atoms with van der Waals surface area (Å²) in [6, 6.07) is 65.4. The summed E-state index contributed by atoms with van der Waals surface area (Å²) >= 11 is 0. The molecular formula is C49H36N2O. The molecule has 0 unspecified atom stereocenters. The molecule has 248 valence electrons. The summed E-state index contributed by atoms with van der Waals surface area (Å²) in [7, 11) is 0. The Morgan fingerprint density at radius 2 is 1.10 bits per heavy atom. The molecule has 0 amide bonds. The van der Waals surface area contributed by atoms with Crippen LogP contribution >= 0.6 is 0 Å². The van der Waals surface area contributed by atoms with Gasteiger partial charge in [0, 0.05) is 22.4 Å². The molecule has 0 N–H and O–H groups in total. The van der Waals surface area contributed by atoms with Gasteiger partial charge in [-0.3, -0.25) is 0 Å². The molecule has 52 heavy (non-hydrogen) atoms. The van der Waals surface area contributed by atoms with E-state index in [9.17, 15) is 0 Å². The Kier molecular flexibility index (Phi) is 6.84. The maximum Gasteiger partial charge on any atom is 0.152 e. The van der Waals surface area contributed by atoms with Gasteiger partial charge in [0.15, 0.2) is 11.5 Å². The molecule has 2 aliphatic heterocycles. The van der Waals surface area contributed by atoms with Crippen LogP contribution < -0.4 is 14.5 Å². The van der Waals surface area contributed by atoms with Crippen LogP contribution in [0.25, 0.3) is 33.0 Å². The molecule has 0 saturated heterocycles. The van der Waals surface area contributed by atoms with E-state index < -0.39 is 0 Å². The summed E-state index contributed by atoms with van der Waals surface area (Å²) in [5.74, 6) is 1.73. The van der Waals surface area contributed by atoms with Crippen LogP contribution in [0.5, 0.6) is 11.5 Å². The number of hydrogen-bond donors (Lipinski definition) is 0. The highest BCUT2D eigenvalue weighted by atomic mass is 16.5. The van der Waals surface area contributed by atoms with E-state index in [1.54, 1.807) is 0 Å². The second kappa shape index (κ2) is 11.8. The maximum absolute atomic E-state index is 6.68. The second-order valence-corrected chi connectivity index (χ2v) is 14.2. The Balaban J connectivity index is 1.19. The molecule has 2 heterocycles. The number of nitrogens with zero attached hydrogens (tertiary/aromatic N) is 2. The summed E-state index contributed by atoms with van der Waals surface area (Å²) in [6.45, 7) is 4.70. The topological polar surface area (TPSA) is 15.7 Å². The number of hydrogen-bond acceptors (Lipinski definition) is 3. The largest absolute Gasteiger partial charge is 0.453 e. The van der Waals surface area contributed by atoms with E-state index in [1.807, 2.05) is 6.07 Å². The van der Waals surface area contributed by atoms with Crippen LogP contribution in [0.2, 0.25) is 0 Å². The van der Waals surface area contributed by atoms with Crippen LogP contribution in [0.1, 0.15) is 25.0 Å². The van der Waals surface area contributed by atoms with Crippen molar-refractivity contribution in [1.29, 1.82) is 0 Å². The molecule has 0 fully saturated rings. The standard InChI is InChI=1S/C49H36N2O/c1-49(2)41-19-8-9-20-42(41)51-43-21-10-11-22-45(43)52-46-32-31-44(47(49)48(46)51)50(37-27-23-34(24-28-37)33-13-4-3-5-14-33)38-29-25-36(26-30-38)40-18-12-16-35-15-6-7-17-39(35)40/h3-32H,1-2H3. The van der Waals surface area contributed by atoms with Crippen LogP contribution in [0.4, 0.5) is 34.1 Å². The summed E-state index contributed by atoms with van der Waals surface area (Å²) in [5.41, 5.74) is 13.6. The molecule has 3 heteroatoms. The fraction of sp³-hybridized carbons (Fsp3) is 0.0612. The zero-order valence-corrected chi connectivity index (χ0v) is 29.1. The molecule has 0 saturated carbocycles. The van der Waals surface area contributed by atoms with Gasteiger partial charge in [-0.25, -0.2) is 0 Å². The van der Waals surface area contributed by atoms with E-state index in [0.717, 1.165) is 39.9 Å². The Bertz CT molecular complexity index is 2620. The first-order chi connectivity index (χ1) is 25.6. The van der Waals surface area contributed by atoms with Gasteiger partial charge in [0.2, 0.25) is 0 Å². The van der Waals surface area contributed by atoms with E-state index in [0.29, 0.717) is 0 Å². The highest BCUT2D eigenvalue weighted by molar-refractivity contribution is 5.99. The summed E-state index contributed by atoms with van der Waals surface area (Å²) in [6.07, 6.45) is 0. The molecule has 3 nitrogen and oxygen atoms in total. The lowest BCUT2D eigenvalue weighted by Crippen LogP contribution is -2.34. The molecule has 2 aliphatic rings. The molecule has 0 aromatic heterocycles. The van der Waals surface area contributed by atoms with Gasteiger partial charge in [-0.15, -0.1) is 0 Å². The smallest absolute Gasteiger partial charge is 0.152 e. The number of rotatable bonds is 5. The quantitative estimate of drug-likeness (QED) is 0.182. The first kappa shape index (κ1) is 30.3. The van der Waals surface area contributed by atoms with E-state index in [2.05, 4.69) is 200 Å². The lowest BCUT2D eigenvalue weighted by atomic mass is 9.72. The molecule has 8 aromatic rings.